The molecular weight excluding hydrogens is 1040 g/mol. The highest BCUT2D eigenvalue weighted by Gasteiger charge is 2.49. The van der Waals surface area contributed by atoms with Crippen molar-refractivity contribution in [2.24, 2.45) is 10.8 Å². The fourth-order valence-corrected chi connectivity index (χ4v) is 12.5. The van der Waals surface area contributed by atoms with Crippen molar-refractivity contribution in [3.63, 3.8) is 0 Å². The topological polar surface area (TPSA) is 169 Å². The van der Waals surface area contributed by atoms with E-state index in [-0.39, 0.29) is 55.3 Å². The summed E-state index contributed by atoms with van der Waals surface area (Å²) in [7, 11) is 1.66. The fourth-order valence-electron chi connectivity index (χ4n) is 10.8. The third-order valence-electron chi connectivity index (χ3n) is 14.8. The number of nitrogens with two attached hydrogens (primary N) is 1. The summed E-state index contributed by atoms with van der Waals surface area (Å²) < 4.78 is 62.0. The number of amides is 3. The van der Waals surface area contributed by atoms with Crippen molar-refractivity contribution < 1.29 is 37.0 Å². The number of hydrogen-bond donors (Lipinski definition) is 1. The third kappa shape index (κ3) is 12.7. The van der Waals surface area contributed by atoms with Crippen molar-refractivity contribution in [1.29, 1.82) is 5.26 Å². The Hall–Kier alpha value is -6.47. The first-order valence-electron chi connectivity index (χ1n) is 26.5. The van der Waals surface area contributed by atoms with Crippen molar-refractivity contribution in [2.45, 2.75) is 68.4 Å². The van der Waals surface area contributed by atoms with E-state index in [4.69, 9.17) is 41.5 Å². The molecule has 9 rings (SSSR count). The molecule has 0 radical (unpaired) electrons. The number of fused-ring (bicyclic) bond motifs is 2. The van der Waals surface area contributed by atoms with Crippen LogP contribution in [0.3, 0.4) is 0 Å². The van der Waals surface area contributed by atoms with E-state index >= 15 is 4.39 Å². The van der Waals surface area contributed by atoms with Gasteiger partial charge in [0.25, 0.3) is 5.91 Å². The molecule has 412 valence electrons. The van der Waals surface area contributed by atoms with Crippen molar-refractivity contribution in [3.05, 3.63) is 136 Å². The summed E-state index contributed by atoms with van der Waals surface area (Å²) >= 11 is 8.01. The molecule has 3 amide bonds. The van der Waals surface area contributed by atoms with Crippen LogP contribution in [0.5, 0.6) is 6.01 Å². The highest BCUT2D eigenvalue weighted by atomic mass is 35.5. The van der Waals surface area contributed by atoms with E-state index in [2.05, 4.69) is 38.5 Å². The molecule has 4 aliphatic heterocycles. The Morgan fingerprint density at radius 3 is 2.53 bits per heavy atom. The van der Waals surface area contributed by atoms with Crippen LogP contribution in [0.15, 0.2) is 102 Å². The second kappa shape index (κ2) is 26.0. The van der Waals surface area contributed by atoms with Crippen LogP contribution in [0.4, 0.5) is 29.5 Å². The lowest BCUT2D eigenvalue weighted by Gasteiger charge is -2.42. The molecule has 78 heavy (non-hydrogen) atoms. The van der Waals surface area contributed by atoms with E-state index in [0.717, 1.165) is 83.8 Å². The number of carbonyl (C=O) groups excluding carboxylic acids is 2. The number of likely N-dealkylation sites (tertiary alicyclic amines) is 1. The van der Waals surface area contributed by atoms with Crippen LogP contribution < -0.4 is 20.3 Å². The minimum Gasteiger partial charge on any atom is -0.462 e. The van der Waals surface area contributed by atoms with E-state index in [9.17, 15) is 23.6 Å². The number of rotatable bonds is 22. The maximum atomic E-state index is 15.1. The highest BCUT2D eigenvalue weighted by molar-refractivity contribution is 8.15. The number of thioether (sulfide) groups is 1. The summed E-state index contributed by atoms with van der Waals surface area (Å²) in [5.41, 5.74) is 9.53. The molecule has 2 saturated heterocycles. The molecule has 4 aliphatic rings. The molecule has 5 heterocycles. The Kier molecular flexibility index (Phi) is 18.7. The molecule has 4 aromatic carbocycles. The number of piperazine rings is 1. The van der Waals surface area contributed by atoms with E-state index in [1.54, 1.807) is 7.05 Å². The Bertz CT molecular complexity index is 3030. The first-order valence-corrected chi connectivity index (χ1v) is 27.7. The maximum Gasteiger partial charge on any atom is 0.341 e. The van der Waals surface area contributed by atoms with E-state index in [0.29, 0.717) is 82.7 Å². The molecule has 2 N–H and O–H groups in total. The number of anilines is 2. The van der Waals surface area contributed by atoms with Gasteiger partial charge in [-0.15, -0.1) is 0 Å². The van der Waals surface area contributed by atoms with E-state index < -0.39 is 40.3 Å². The van der Waals surface area contributed by atoms with Gasteiger partial charge in [-0.05, 0) is 92.9 Å². The van der Waals surface area contributed by atoms with Gasteiger partial charge >= 0.3 is 12.0 Å². The van der Waals surface area contributed by atoms with Gasteiger partial charge < -0.3 is 39.5 Å². The van der Waals surface area contributed by atoms with Crippen LogP contribution in [-0.4, -0.2) is 151 Å². The summed E-state index contributed by atoms with van der Waals surface area (Å²) in [4.78, 5) is 45.7. The fraction of sp³-hybridized carbons (Fsp3) is 0.439. The smallest absolute Gasteiger partial charge is 0.341 e. The molecule has 0 aliphatic carbocycles. The number of hydrogen-bond acceptors (Lipinski definition) is 14. The van der Waals surface area contributed by atoms with E-state index in [1.165, 1.54) is 26.6 Å². The largest absolute Gasteiger partial charge is 0.462 e. The SMILES string of the molecule is C=C(F)C(=O)N1CCN(c2nc(OC[C@@H]3CCCN3CCCOCCOCCN(C)C(=O)N3N=C(c4cc(F)ccc4F)SC3(CCCN)c3ccccc3)nc3c2CCN(c2cccc4cccc(Cl)c24)C3)C[C@@H]1CC#N. The van der Waals surface area contributed by atoms with Gasteiger partial charge in [-0.2, -0.15) is 25.3 Å². The van der Waals surface area contributed by atoms with Gasteiger partial charge in [0.05, 0.1) is 55.6 Å². The van der Waals surface area contributed by atoms with Crippen LogP contribution in [0.1, 0.15) is 60.9 Å². The monoisotopic (exact) mass is 1110 g/mol. The molecule has 21 heteroatoms. The Labute approximate surface area is 462 Å². The summed E-state index contributed by atoms with van der Waals surface area (Å²) in [5, 5.41) is 18.6. The Balaban J connectivity index is 0.777. The van der Waals surface area contributed by atoms with Crippen molar-refractivity contribution in [2.75, 3.05) is 102 Å². The van der Waals surface area contributed by atoms with Crippen LogP contribution in [0.2, 0.25) is 5.02 Å². The average Bonchev–Trinajstić information content (AvgIpc) is 4.23. The number of halogens is 4. The molecule has 16 nitrogen and oxygen atoms in total. The summed E-state index contributed by atoms with van der Waals surface area (Å²) in [6, 6.07) is 26.2. The van der Waals surface area contributed by atoms with Gasteiger partial charge in [-0.1, -0.05) is 84.5 Å². The second-order valence-electron chi connectivity index (χ2n) is 19.8. The van der Waals surface area contributed by atoms with Crippen LogP contribution in [0.25, 0.3) is 10.8 Å². The van der Waals surface area contributed by atoms with Gasteiger partial charge in [0.15, 0.2) is 5.83 Å². The zero-order valence-corrected chi connectivity index (χ0v) is 45.4. The molecule has 0 saturated carbocycles. The van der Waals surface area contributed by atoms with Crippen LogP contribution in [-0.2, 0) is 32.1 Å². The minimum absolute atomic E-state index is 0.0193. The number of ether oxygens (including phenoxy) is 3. The lowest BCUT2D eigenvalue weighted by atomic mass is 10.0. The molecule has 1 aromatic heterocycles. The summed E-state index contributed by atoms with van der Waals surface area (Å²) in [5.74, 6) is -2.41. The molecule has 2 fully saturated rings. The molecule has 0 spiro atoms. The second-order valence-corrected chi connectivity index (χ2v) is 21.5. The lowest BCUT2D eigenvalue weighted by molar-refractivity contribution is -0.131. The van der Waals surface area contributed by atoms with Crippen molar-refractivity contribution in [3.8, 4) is 12.1 Å². The molecule has 5 aromatic rings. The molecule has 3 atom stereocenters. The number of aromatic nitrogens is 2. The van der Waals surface area contributed by atoms with Gasteiger partial charge in [0.2, 0.25) is 0 Å². The molecular formula is C57H65ClF3N11O5S. The minimum atomic E-state index is -1.05. The zero-order chi connectivity index (χ0) is 54.8. The third-order valence-corrected chi connectivity index (χ3v) is 16.5. The van der Waals surface area contributed by atoms with Gasteiger partial charge in [-0.25, -0.2) is 18.0 Å². The van der Waals surface area contributed by atoms with Crippen LogP contribution >= 0.6 is 23.4 Å². The molecule has 1 unspecified atom stereocenters. The predicted molar refractivity (Wildman–Crippen MR) is 297 cm³/mol. The lowest BCUT2D eigenvalue weighted by Crippen LogP contribution is -2.55. The van der Waals surface area contributed by atoms with Crippen molar-refractivity contribution in [1.82, 2.24) is 29.7 Å². The standard InChI is InChI=1S/C57H65ClF3N11O5S/c1-39(59)54(73)71-29-28-70(36-43(71)20-24-63)52-45-21-27-69(50-17-7-12-40-11-6-16-47(58)51(40)50)37-49(45)64-55(65-52)77-38-44-15-8-25-68(44)26-10-31-75-33-34-76-32-30-67(2)56(74)72-57(22-9-23-62,41-13-4-3-5-14-41)78-53(66-72)46-35-42(60)18-19-48(46)61/h3-7,11-14,16-19,35,43-44H,1,8-10,15,20-23,25-34,36-38,62H2,2H3/t43-,44-,57?/m0/s1. The average molecular weight is 1110 g/mol. The number of benzene rings is 4. The zero-order valence-electron chi connectivity index (χ0n) is 43.8. The number of carbonyl (C=O) groups is 2. The normalized spacial score (nSPS) is 19.5. The number of likely N-dealkylation sites (N-methyl/N-ethyl adjacent to an activating group) is 1. The number of nitriles is 1. The maximum absolute atomic E-state index is 15.1. The van der Waals surface area contributed by atoms with E-state index in [1.807, 2.05) is 60.7 Å². The van der Waals surface area contributed by atoms with Gasteiger partial charge in [-0.3, -0.25) is 9.69 Å². The van der Waals surface area contributed by atoms with Gasteiger partial charge in [0, 0.05) is 81.2 Å². The van der Waals surface area contributed by atoms with Gasteiger partial charge in [0.1, 0.15) is 34.0 Å². The number of hydrazone groups is 1. The van der Waals surface area contributed by atoms with Crippen molar-refractivity contribution >= 4 is 62.6 Å². The molecule has 0 bridgehead atoms. The first-order chi connectivity index (χ1) is 37.9. The Morgan fingerprint density at radius 2 is 1.74 bits per heavy atom. The summed E-state index contributed by atoms with van der Waals surface area (Å²) in [6.45, 7) is 9.40. The number of nitrogens with zero attached hydrogens (tertiary/aromatic N) is 10. The predicted octanol–water partition coefficient (Wildman–Crippen LogP) is 8.86. The summed E-state index contributed by atoms with van der Waals surface area (Å²) in [6.07, 6.45) is 4.39. The van der Waals surface area contributed by atoms with Crippen LogP contribution in [0, 0.1) is 23.0 Å². The first kappa shape index (κ1) is 56.3. The quantitative estimate of drug-likeness (QED) is 0.0516. The Morgan fingerprint density at radius 1 is 0.949 bits per heavy atom. The number of urea groups is 1. The highest BCUT2D eigenvalue weighted by Crippen LogP contribution is 2.51.